The summed E-state index contributed by atoms with van der Waals surface area (Å²) >= 11 is 3.43. The molecule has 1 N–H and O–H groups in total. The molecular formula is C26H21BrN2O3. The SMILES string of the molecule is COc1cccc(/C=N\NC(=O)c2ccc3ccccc3c2)c1OCc1ccc(Br)cc1. The van der Waals surface area contributed by atoms with Gasteiger partial charge in [-0.1, -0.05) is 64.5 Å². The van der Waals surface area contributed by atoms with Crippen LogP contribution in [0, 0.1) is 0 Å². The van der Waals surface area contributed by atoms with E-state index in [1.165, 1.54) is 0 Å². The molecule has 32 heavy (non-hydrogen) atoms. The maximum Gasteiger partial charge on any atom is 0.271 e. The van der Waals surface area contributed by atoms with Crippen LogP contribution in [-0.4, -0.2) is 19.2 Å². The van der Waals surface area contributed by atoms with Crippen LogP contribution in [0.15, 0.2) is 94.5 Å². The Morgan fingerprint density at radius 2 is 1.75 bits per heavy atom. The number of hydrogen-bond acceptors (Lipinski definition) is 4. The molecule has 0 fully saturated rings. The smallest absolute Gasteiger partial charge is 0.271 e. The highest BCUT2D eigenvalue weighted by Gasteiger charge is 2.10. The highest BCUT2D eigenvalue weighted by Crippen LogP contribution is 2.31. The minimum atomic E-state index is -0.285. The van der Waals surface area contributed by atoms with Crippen molar-refractivity contribution in [1.82, 2.24) is 5.43 Å². The molecule has 0 aromatic heterocycles. The van der Waals surface area contributed by atoms with Gasteiger partial charge in [0.2, 0.25) is 0 Å². The van der Waals surface area contributed by atoms with Crippen LogP contribution < -0.4 is 14.9 Å². The number of carbonyl (C=O) groups is 1. The van der Waals surface area contributed by atoms with Crippen LogP contribution in [0.1, 0.15) is 21.5 Å². The van der Waals surface area contributed by atoms with Gasteiger partial charge in [0.1, 0.15) is 6.61 Å². The van der Waals surface area contributed by atoms with Crippen molar-refractivity contribution < 1.29 is 14.3 Å². The number of hydrazone groups is 1. The number of nitrogens with zero attached hydrogens (tertiary/aromatic N) is 1. The summed E-state index contributed by atoms with van der Waals surface area (Å²) in [7, 11) is 1.59. The molecule has 0 saturated heterocycles. The van der Waals surface area contributed by atoms with Gasteiger partial charge in [-0.05, 0) is 52.7 Å². The number of rotatable bonds is 7. The van der Waals surface area contributed by atoms with Crippen molar-refractivity contribution in [2.24, 2.45) is 5.10 Å². The van der Waals surface area contributed by atoms with Gasteiger partial charge in [0, 0.05) is 15.6 Å². The lowest BCUT2D eigenvalue weighted by molar-refractivity contribution is 0.0955. The Morgan fingerprint density at radius 1 is 0.969 bits per heavy atom. The Morgan fingerprint density at radius 3 is 2.53 bits per heavy atom. The van der Waals surface area contributed by atoms with Gasteiger partial charge in [0.25, 0.3) is 5.91 Å². The molecule has 160 valence electrons. The molecule has 0 radical (unpaired) electrons. The molecule has 4 aromatic rings. The molecule has 0 aliphatic carbocycles. The van der Waals surface area contributed by atoms with Crippen LogP contribution in [0.2, 0.25) is 0 Å². The molecule has 4 rings (SSSR count). The fourth-order valence-corrected chi connectivity index (χ4v) is 3.51. The molecule has 0 heterocycles. The maximum absolute atomic E-state index is 12.5. The molecule has 6 heteroatoms. The normalized spacial score (nSPS) is 10.9. The number of amides is 1. The summed E-state index contributed by atoms with van der Waals surface area (Å²) in [5.74, 6) is 0.862. The Bertz CT molecular complexity index is 1270. The van der Waals surface area contributed by atoms with E-state index >= 15 is 0 Å². The molecule has 0 saturated carbocycles. The van der Waals surface area contributed by atoms with E-state index in [9.17, 15) is 4.79 Å². The molecule has 0 spiro atoms. The molecule has 0 aliphatic heterocycles. The van der Waals surface area contributed by atoms with Crippen LogP contribution in [-0.2, 0) is 6.61 Å². The first kappa shape index (κ1) is 21.6. The lowest BCUT2D eigenvalue weighted by Gasteiger charge is -2.13. The molecule has 0 unspecified atom stereocenters. The Balaban J connectivity index is 1.48. The highest BCUT2D eigenvalue weighted by molar-refractivity contribution is 9.10. The second kappa shape index (κ2) is 10.1. The van der Waals surface area contributed by atoms with E-state index in [4.69, 9.17) is 9.47 Å². The number of halogens is 1. The number of carbonyl (C=O) groups excluding carboxylic acids is 1. The van der Waals surface area contributed by atoms with E-state index < -0.39 is 0 Å². The van der Waals surface area contributed by atoms with E-state index in [0.717, 1.165) is 20.8 Å². The van der Waals surface area contributed by atoms with E-state index in [1.807, 2.05) is 78.9 Å². The Labute approximate surface area is 194 Å². The summed E-state index contributed by atoms with van der Waals surface area (Å²) in [5, 5.41) is 6.21. The minimum Gasteiger partial charge on any atom is -0.493 e. The number of benzene rings is 4. The third-order valence-corrected chi connectivity index (χ3v) is 5.44. The van der Waals surface area contributed by atoms with Crippen molar-refractivity contribution in [3.05, 3.63) is 106 Å². The second-order valence-electron chi connectivity index (χ2n) is 7.05. The molecule has 0 atom stereocenters. The van der Waals surface area contributed by atoms with Gasteiger partial charge < -0.3 is 9.47 Å². The average molecular weight is 489 g/mol. The van der Waals surface area contributed by atoms with Crippen LogP contribution in [0.3, 0.4) is 0 Å². The van der Waals surface area contributed by atoms with Crippen molar-refractivity contribution in [2.75, 3.05) is 7.11 Å². The van der Waals surface area contributed by atoms with Crippen molar-refractivity contribution in [3.8, 4) is 11.5 Å². The monoisotopic (exact) mass is 488 g/mol. The summed E-state index contributed by atoms with van der Waals surface area (Å²) in [5.41, 5.74) is 4.84. The predicted molar refractivity (Wildman–Crippen MR) is 130 cm³/mol. The highest BCUT2D eigenvalue weighted by atomic mass is 79.9. The van der Waals surface area contributed by atoms with Gasteiger partial charge in [-0.25, -0.2) is 5.43 Å². The molecule has 4 aromatic carbocycles. The Kier molecular flexibility index (Phi) is 6.82. The van der Waals surface area contributed by atoms with Gasteiger partial charge in [-0.2, -0.15) is 5.10 Å². The van der Waals surface area contributed by atoms with Crippen LogP contribution in [0.25, 0.3) is 10.8 Å². The number of fused-ring (bicyclic) bond motifs is 1. The fourth-order valence-electron chi connectivity index (χ4n) is 3.24. The van der Waals surface area contributed by atoms with Gasteiger partial charge in [-0.3, -0.25) is 4.79 Å². The standard InChI is InChI=1S/C26H21BrN2O3/c1-31-24-8-4-7-22(25(24)32-17-18-9-13-23(27)14-10-18)16-28-29-26(30)21-12-11-19-5-2-3-6-20(19)15-21/h2-16H,17H2,1H3,(H,29,30)/b28-16-. The molecular weight excluding hydrogens is 468 g/mol. The molecule has 0 aliphatic rings. The van der Waals surface area contributed by atoms with Crippen molar-refractivity contribution in [1.29, 1.82) is 0 Å². The molecule has 1 amide bonds. The van der Waals surface area contributed by atoms with Crippen molar-refractivity contribution in [3.63, 3.8) is 0 Å². The van der Waals surface area contributed by atoms with E-state index in [0.29, 0.717) is 29.2 Å². The van der Waals surface area contributed by atoms with E-state index in [-0.39, 0.29) is 5.91 Å². The third kappa shape index (κ3) is 5.15. The molecule has 5 nitrogen and oxygen atoms in total. The first-order valence-corrected chi connectivity index (χ1v) is 10.8. The summed E-state index contributed by atoms with van der Waals surface area (Å²) < 4.78 is 12.5. The van der Waals surface area contributed by atoms with E-state index in [1.54, 1.807) is 19.4 Å². The van der Waals surface area contributed by atoms with Gasteiger partial charge >= 0.3 is 0 Å². The second-order valence-corrected chi connectivity index (χ2v) is 7.97. The van der Waals surface area contributed by atoms with Crippen molar-refractivity contribution in [2.45, 2.75) is 6.61 Å². The topological polar surface area (TPSA) is 59.9 Å². The van der Waals surface area contributed by atoms with Gasteiger partial charge in [0.15, 0.2) is 11.5 Å². The number of ether oxygens (including phenoxy) is 2. The van der Waals surface area contributed by atoms with Crippen LogP contribution in [0.4, 0.5) is 0 Å². The zero-order valence-electron chi connectivity index (χ0n) is 17.4. The van der Waals surface area contributed by atoms with Crippen molar-refractivity contribution >= 4 is 38.8 Å². The average Bonchev–Trinajstić information content (AvgIpc) is 2.83. The van der Waals surface area contributed by atoms with E-state index in [2.05, 4.69) is 26.5 Å². The molecule has 0 bridgehead atoms. The van der Waals surface area contributed by atoms with Gasteiger partial charge in [-0.15, -0.1) is 0 Å². The third-order valence-electron chi connectivity index (χ3n) is 4.91. The lowest BCUT2D eigenvalue weighted by atomic mass is 10.1. The largest absolute Gasteiger partial charge is 0.493 e. The Hall–Kier alpha value is -3.64. The number of nitrogens with one attached hydrogen (secondary N) is 1. The van der Waals surface area contributed by atoms with Gasteiger partial charge in [0.05, 0.1) is 13.3 Å². The summed E-state index contributed by atoms with van der Waals surface area (Å²) in [6.07, 6.45) is 1.55. The first-order chi connectivity index (χ1) is 15.6. The first-order valence-electron chi connectivity index (χ1n) is 10.0. The number of methoxy groups -OCH3 is 1. The van der Waals surface area contributed by atoms with Crippen LogP contribution in [0.5, 0.6) is 11.5 Å². The predicted octanol–water partition coefficient (Wildman–Crippen LogP) is 5.95. The summed E-state index contributed by atoms with van der Waals surface area (Å²) in [6.45, 7) is 0.373. The number of hydrogen-bond donors (Lipinski definition) is 1. The fraction of sp³-hybridized carbons (Fsp3) is 0.0769. The maximum atomic E-state index is 12.5. The zero-order valence-corrected chi connectivity index (χ0v) is 19.0. The summed E-state index contributed by atoms with van der Waals surface area (Å²) in [4.78, 5) is 12.5. The lowest BCUT2D eigenvalue weighted by Crippen LogP contribution is -2.17. The quantitative estimate of drug-likeness (QED) is 0.258. The van der Waals surface area contributed by atoms with Crippen LogP contribution >= 0.6 is 15.9 Å². The zero-order chi connectivity index (χ0) is 22.3. The number of para-hydroxylation sites is 1. The summed E-state index contributed by atoms with van der Waals surface area (Å²) in [6, 6.07) is 26.9. The minimum absolute atomic E-state index is 0.285.